The van der Waals surface area contributed by atoms with Crippen molar-refractivity contribution in [2.24, 2.45) is 0 Å². The zero-order valence-corrected chi connectivity index (χ0v) is 12.3. The zero-order chi connectivity index (χ0) is 13.4. The van der Waals surface area contributed by atoms with E-state index in [1.54, 1.807) is 13.0 Å². The highest BCUT2D eigenvalue weighted by atomic mass is 79.9. The van der Waals surface area contributed by atoms with Gasteiger partial charge in [0.05, 0.1) is 23.6 Å². The number of hydrogen-bond donors (Lipinski definition) is 1. The number of ether oxygens (including phenoxy) is 1. The Labute approximate surface area is 115 Å². The molecule has 1 rings (SSSR count). The molecule has 0 radical (unpaired) electrons. The number of nitrogens with zero attached hydrogens (tertiary/aromatic N) is 2. The smallest absolute Gasteiger partial charge is 0.253 e. The van der Waals surface area contributed by atoms with Gasteiger partial charge in [-0.15, -0.1) is 0 Å². The molecule has 0 aliphatic heterocycles. The Morgan fingerprint density at radius 2 is 2.17 bits per heavy atom. The summed E-state index contributed by atoms with van der Waals surface area (Å²) in [6.07, 6.45) is 0.801. The second kappa shape index (κ2) is 8.16. The second-order valence-electron chi connectivity index (χ2n) is 3.90. The molecular weight excluding hydrogens is 298 g/mol. The van der Waals surface area contributed by atoms with Crippen molar-refractivity contribution in [2.75, 3.05) is 25.1 Å². The van der Waals surface area contributed by atoms with Crippen LogP contribution in [0.15, 0.2) is 6.07 Å². The SMILES string of the molecule is Cc1cc(C(=O)NCCCOCCBr)c(C)nn1. The highest BCUT2D eigenvalue weighted by Crippen LogP contribution is 2.04. The molecule has 0 saturated carbocycles. The van der Waals surface area contributed by atoms with E-state index in [2.05, 4.69) is 31.4 Å². The molecule has 1 amide bonds. The van der Waals surface area contributed by atoms with Gasteiger partial charge >= 0.3 is 0 Å². The van der Waals surface area contributed by atoms with Gasteiger partial charge in [-0.25, -0.2) is 0 Å². The molecule has 0 aliphatic rings. The number of nitrogens with one attached hydrogen (secondary N) is 1. The molecule has 0 atom stereocenters. The summed E-state index contributed by atoms with van der Waals surface area (Å²) in [5.74, 6) is -0.106. The Morgan fingerprint density at radius 3 is 2.89 bits per heavy atom. The van der Waals surface area contributed by atoms with Gasteiger partial charge in [0, 0.05) is 18.5 Å². The molecule has 0 fully saturated rings. The maximum Gasteiger partial charge on any atom is 0.253 e. The second-order valence-corrected chi connectivity index (χ2v) is 4.69. The predicted molar refractivity (Wildman–Crippen MR) is 73.1 cm³/mol. The molecule has 6 heteroatoms. The lowest BCUT2D eigenvalue weighted by atomic mass is 10.2. The maximum absolute atomic E-state index is 11.9. The lowest BCUT2D eigenvalue weighted by molar-refractivity contribution is 0.0943. The Morgan fingerprint density at radius 1 is 1.39 bits per heavy atom. The fraction of sp³-hybridized carbons (Fsp3) is 0.583. The van der Waals surface area contributed by atoms with E-state index >= 15 is 0 Å². The van der Waals surface area contributed by atoms with Gasteiger partial charge in [0.15, 0.2) is 0 Å². The number of halogens is 1. The number of aryl methyl sites for hydroxylation is 2. The first-order valence-corrected chi connectivity index (χ1v) is 7.00. The lowest BCUT2D eigenvalue weighted by Crippen LogP contribution is -2.26. The lowest BCUT2D eigenvalue weighted by Gasteiger charge is -2.07. The van der Waals surface area contributed by atoms with Crippen LogP contribution in [0.25, 0.3) is 0 Å². The van der Waals surface area contributed by atoms with Crippen molar-refractivity contribution in [3.63, 3.8) is 0 Å². The molecule has 5 nitrogen and oxygen atoms in total. The van der Waals surface area contributed by atoms with Crippen molar-refractivity contribution in [3.05, 3.63) is 23.0 Å². The van der Waals surface area contributed by atoms with Gasteiger partial charge in [-0.1, -0.05) is 15.9 Å². The zero-order valence-electron chi connectivity index (χ0n) is 10.7. The summed E-state index contributed by atoms with van der Waals surface area (Å²) in [6, 6.07) is 1.75. The summed E-state index contributed by atoms with van der Waals surface area (Å²) >= 11 is 3.28. The highest BCUT2D eigenvalue weighted by molar-refractivity contribution is 9.09. The summed E-state index contributed by atoms with van der Waals surface area (Å²) in [5, 5.41) is 11.5. The van der Waals surface area contributed by atoms with Crippen LogP contribution in [0.4, 0.5) is 0 Å². The summed E-state index contributed by atoms with van der Waals surface area (Å²) in [4.78, 5) is 11.9. The van der Waals surface area contributed by atoms with E-state index in [4.69, 9.17) is 4.74 Å². The molecule has 1 heterocycles. The third-order valence-corrected chi connectivity index (χ3v) is 2.64. The van der Waals surface area contributed by atoms with Crippen LogP contribution in [0.1, 0.15) is 28.2 Å². The fourth-order valence-electron chi connectivity index (χ4n) is 1.41. The van der Waals surface area contributed by atoms with Crippen molar-refractivity contribution in [1.29, 1.82) is 0 Å². The van der Waals surface area contributed by atoms with Crippen molar-refractivity contribution < 1.29 is 9.53 Å². The average Bonchev–Trinajstić information content (AvgIpc) is 2.36. The van der Waals surface area contributed by atoms with Crippen LogP contribution in [-0.2, 0) is 4.74 Å². The predicted octanol–water partition coefficient (Wildman–Crippen LogP) is 1.62. The first kappa shape index (κ1) is 15.0. The van der Waals surface area contributed by atoms with Crippen LogP contribution in [0.2, 0.25) is 0 Å². The van der Waals surface area contributed by atoms with Crippen LogP contribution in [0, 0.1) is 13.8 Å². The van der Waals surface area contributed by atoms with Gasteiger partial charge in [0.1, 0.15) is 0 Å². The molecule has 1 aromatic heterocycles. The van der Waals surface area contributed by atoms with Crippen LogP contribution in [0.5, 0.6) is 0 Å². The first-order chi connectivity index (χ1) is 8.65. The Bertz CT molecular complexity index is 399. The number of alkyl halides is 1. The number of amides is 1. The van der Waals surface area contributed by atoms with Gasteiger partial charge in [0.25, 0.3) is 5.91 Å². The number of rotatable bonds is 7. The minimum atomic E-state index is -0.106. The molecule has 0 bridgehead atoms. The van der Waals surface area contributed by atoms with E-state index in [0.29, 0.717) is 31.0 Å². The van der Waals surface area contributed by atoms with Crippen molar-refractivity contribution in [3.8, 4) is 0 Å². The van der Waals surface area contributed by atoms with Crippen molar-refractivity contribution >= 4 is 21.8 Å². The van der Waals surface area contributed by atoms with Crippen molar-refractivity contribution in [2.45, 2.75) is 20.3 Å². The van der Waals surface area contributed by atoms with Crippen molar-refractivity contribution in [1.82, 2.24) is 15.5 Å². The number of carbonyl (C=O) groups is 1. The third kappa shape index (κ3) is 5.10. The fourth-order valence-corrected chi connectivity index (χ4v) is 1.64. The standard InChI is InChI=1S/C12H18BrN3O2/c1-9-8-11(10(2)16-15-9)12(17)14-5-3-6-18-7-4-13/h8H,3-7H2,1-2H3,(H,14,17). The number of carbonyl (C=O) groups excluding carboxylic acids is 1. The molecule has 0 aromatic carbocycles. The molecule has 0 unspecified atom stereocenters. The van der Waals surface area contributed by atoms with E-state index < -0.39 is 0 Å². The molecule has 0 spiro atoms. The van der Waals surface area contributed by atoms with E-state index in [1.807, 2.05) is 6.92 Å². The topological polar surface area (TPSA) is 64.1 Å². The van der Waals surface area contributed by atoms with Crippen LogP contribution < -0.4 is 5.32 Å². The molecule has 0 aliphatic carbocycles. The Hall–Kier alpha value is -1.01. The highest BCUT2D eigenvalue weighted by Gasteiger charge is 2.10. The van der Waals surface area contributed by atoms with Gasteiger partial charge < -0.3 is 10.1 Å². The van der Waals surface area contributed by atoms with E-state index in [1.165, 1.54) is 0 Å². The first-order valence-electron chi connectivity index (χ1n) is 5.88. The average molecular weight is 316 g/mol. The van der Waals surface area contributed by atoms with E-state index in [0.717, 1.165) is 17.4 Å². The number of aromatic nitrogens is 2. The van der Waals surface area contributed by atoms with Gasteiger partial charge in [-0.3, -0.25) is 4.79 Å². The molecule has 1 aromatic rings. The van der Waals surface area contributed by atoms with Gasteiger partial charge in [-0.05, 0) is 26.3 Å². The quantitative estimate of drug-likeness (QED) is 0.613. The normalized spacial score (nSPS) is 10.4. The van der Waals surface area contributed by atoms with Crippen LogP contribution in [-0.4, -0.2) is 41.2 Å². The Kier molecular flexibility index (Phi) is 6.82. The summed E-state index contributed by atoms with van der Waals surface area (Å²) in [5.41, 5.74) is 1.98. The summed E-state index contributed by atoms with van der Waals surface area (Å²) in [6.45, 7) is 5.54. The molecular formula is C12H18BrN3O2. The molecule has 18 heavy (non-hydrogen) atoms. The summed E-state index contributed by atoms with van der Waals surface area (Å²) < 4.78 is 5.29. The summed E-state index contributed by atoms with van der Waals surface area (Å²) in [7, 11) is 0. The molecule has 0 saturated heterocycles. The monoisotopic (exact) mass is 315 g/mol. The maximum atomic E-state index is 11.9. The minimum Gasteiger partial charge on any atom is -0.381 e. The largest absolute Gasteiger partial charge is 0.381 e. The molecule has 1 N–H and O–H groups in total. The van der Waals surface area contributed by atoms with Gasteiger partial charge in [0.2, 0.25) is 0 Å². The third-order valence-electron chi connectivity index (χ3n) is 2.32. The van der Waals surface area contributed by atoms with Crippen LogP contribution in [0.3, 0.4) is 0 Å². The number of hydrogen-bond acceptors (Lipinski definition) is 4. The Balaban J connectivity index is 2.34. The van der Waals surface area contributed by atoms with Gasteiger partial charge in [-0.2, -0.15) is 10.2 Å². The minimum absolute atomic E-state index is 0.106. The van der Waals surface area contributed by atoms with E-state index in [-0.39, 0.29) is 5.91 Å². The van der Waals surface area contributed by atoms with Crippen LogP contribution >= 0.6 is 15.9 Å². The molecule has 100 valence electrons. The van der Waals surface area contributed by atoms with E-state index in [9.17, 15) is 4.79 Å².